The van der Waals surface area contributed by atoms with Crippen LogP contribution in [0.25, 0.3) is 5.65 Å². The summed E-state index contributed by atoms with van der Waals surface area (Å²) in [6, 6.07) is 13.4. The van der Waals surface area contributed by atoms with Crippen molar-refractivity contribution >= 4 is 5.65 Å². The first-order chi connectivity index (χ1) is 14.5. The van der Waals surface area contributed by atoms with Crippen LogP contribution in [-0.2, 0) is 6.54 Å². The topological polar surface area (TPSA) is 64.9 Å². The third kappa shape index (κ3) is 5.19. The van der Waals surface area contributed by atoms with Crippen LogP contribution < -0.4 is 20.3 Å². The van der Waals surface area contributed by atoms with Gasteiger partial charge in [0, 0.05) is 24.3 Å². The highest BCUT2D eigenvalue weighted by molar-refractivity contribution is 5.44. The standard InChI is InChI=1S/C24H31N3O3/c1-5-12-29-21-11-10-19(14-22(21)30-13-6-2)18(4)25-16-20-15-24(28)27-17(3)8-7-9-23(27)26-20/h7-11,14-15,18,25H,5-6,12-13,16H2,1-4H3/t18-/m0/s1. The van der Waals surface area contributed by atoms with E-state index < -0.39 is 0 Å². The maximum absolute atomic E-state index is 12.5. The van der Waals surface area contributed by atoms with Gasteiger partial charge in [-0.15, -0.1) is 0 Å². The number of nitrogens with one attached hydrogen (secondary N) is 1. The lowest BCUT2D eigenvalue weighted by atomic mass is 10.1. The molecule has 0 aliphatic rings. The molecule has 3 rings (SSSR count). The molecule has 30 heavy (non-hydrogen) atoms. The molecule has 1 aromatic carbocycles. The van der Waals surface area contributed by atoms with Gasteiger partial charge in [0.15, 0.2) is 11.5 Å². The molecule has 160 valence electrons. The van der Waals surface area contributed by atoms with E-state index in [1.54, 1.807) is 10.5 Å². The summed E-state index contributed by atoms with van der Waals surface area (Å²) in [7, 11) is 0. The number of benzene rings is 1. The van der Waals surface area contributed by atoms with Crippen LogP contribution in [0.3, 0.4) is 0 Å². The number of rotatable bonds is 10. The summed E-state index contributed by atoms with van der Waals surface area (Å²) in [6.07, 6.45) is 1.89. The molecule has 2 aromatic heterocycles. The lowest BCUT2D eigenvalue weighted by molar-refractivity contribution is 0.268. The smallest absolute Gasteiger partial charge is 0.258 e. The van der Waals surface area contributed by atoms with Crippen LogP contribution in [0.4, 0.5) is 0 Å². The first kappa shape index (κ1) is 21.8. The van der Waals surface area contributed by atoms with Gasteiger partial charge in [0.1, 0.15) is 5.65 Å². The van der Waals surface area contributed by atoms with Crippen LogP contribution in [-0.4, -0.2) is 22.6 Å². The van der Waals surface area contributed by atoms with E-state index in [1.807, 2.05) is 43.3 Å². The van der Waals surface area contributed by atoms with Crippen LogP contribution in [0.1, 0.15) is 56.6 Å². The molecule has 0 fully saturated rings. The highest BCUT2D eigenvalue weighted by Crippen LogP contribution is 2.31. The minimum absolute atomic E-state index is 0.0600. The molecule has 0 saturated heterocycles. The molecule has 6 heteroatoms. The van der Waals surface area contributed by atoms with E-state index in [-0.39, 0.29) is 11.6 Å². The summed E-state index contributed by atoms with van der Waals surface area (Å²) in [5.41, 5.74) is 3.30. The van der Waals surface area contributed by atoms with Gasteiger partial charge in [-0.05, 0) is 56.5 Å². The molecule has 1 N–H and O–H groups in total. The van der Waals surface area contributed by atoms with Gasteiger partial charge in [-0.1, -0.05) is 26.0 Å². The van der Waals surface area contributed by atoms with Crippen molar-refractivity contribution in [1.82, 2.24) is 14.7 Å². The number of nitrogens with zero attached hydrogens (tertiary/aromatic N) is 2. The van der Waals surface area contributed by atoms with Crippen molar-refractivity contribution < 1.29 is 9.47 Å². The van der Waals surface area contributed by atoms with Gasteiger partial charge in [0.25, 0.3) is 5.56 Å². The monoisotopic (exact) mass is 409 g/mol. The normalized spacial score (nSPS) is 12.1. The highest BCUT2D eigenvalue weighted by atomic mass is 16.5. The summed E-state index contributed by atoms with van der Waals surface area (Å²) in [5.74, 6) is 1.55. The van der Waals surface area contributed by atoms with Crippen LogP contribution in [0.15, 0.2) is 47.3 Å². The van der Waals surface area contributed by atoms with Gasteiger partial charge in [-0.3, -0.25) is 9.20 Å². The zero-order valence-electron chi connectivity index (χ0n) is 18.3. The Kier molecular flexibility index (Phi) is 7.46. The van der Waals surface area contributed by atoms with Gasteiger partial charge in [0.05, 0.1) is 18.9 Å². The Morgan fingerprint density at radius 1 is 1.03 bits per heavy atom. The predicted molar refractivity (Wildman–Crippen MR) is 119 cm³/mol. The number of hydrogen-bond donors (Lipinski definition) is 1. The molecule has 0 saturated carbocycles. The number of aromatic nitrogens is 2. The number of fused-ring (bicyclic) bond motifs is 1. The SMILES string of the molecule is CCCOc1ccc([C@H](C)NCc2cc(=O)n3c(C)cccc3n2)cc1OCCC. The average Bonchev–Trinajstić information content (AvgIpc) is 2.74. The van der Waals surface area contributed by atoms with E-state index in [2.05, 4.69) is 31.1 Å². The van der Waals surface area contributed by atoms with E-state index in [0.717, 1.165) is 41.3 Å². The predicted octanol–water partition coefficient (Wildman–Crippen LogP) is 4.43. The zero-order valence-corrected chi connectivity index (χ0v) is 18.3. The quantitative estimate of drug-likeness (QED) is 0.537. The number of ether oxygens (including phenoxy) is 2. The minimum Gasteiger partial charge on any atom is -0.490 e. The molecule has 0 unspecified atom stereocenters. The molecule has 0 spiro atoms. The zero-order chi connectivity index (χ0) is 21.5. The Bertz CT molecular complexity index is 1050. The molecule has 0 bridgehead atoms. The lowest BCUT2D eigenvalue weighted by Gasteiger charge is -2.18. The van der Waals surface area contributed by atoms with Gasteiger partial charge < -0.3 is 14.8 Å². The molecule has 0 radical (unpaired) electrons. The summed E-state index contributed by atoms with van der Waals surface area (Å²) in [4.78, 5) is 17.1. The highest BCUT2D eigenvalue weighted by Gasteiger charge is 2.12. The molecule has 0 aliphatic heterocycles. The van der Waals surface area contributed by atoms with E-state index in [0.29, 0.717) is 25.4 Å². The fourth-order valence-corrected chi connectivity index (χ4v) is 3.28. The Morgan fingerprint density at radius 3 is 2.50 bits per heavy atom. The van der Waals surface area contributed by atoms with E-state index in [4.69, 9.17) is 9.47 Å². The molecule has 0 aliphatic carbocycles. The molecule has 2 heterocycles. The fraction of sp³-hybridized carbons (Fsp3) is 0.417. The molecular weight excluding hydrogens is 378 g/mol. The second-order valence-electron chi connectivity index (χ2n) is 7.45. The maximum atomic E-state index is 12.5. The van der Waals surface area contributed by atoms with Crippen molar-refractivity contribution in [1.29, 1.82) is 0 Å². The maximum Gasteiger partial charge on any atom is 0.258 e. The summed E-state index contributed by atoms with van der Waals surface area (Å²) < 4.78 is 13.3. The van der Waals surface area contributed by atoms with Crippen LogP contribution in [0.5, 0.6) is 11.5 Å². The average molecular weight is 410 g/mol. The van der Waals surface area contributed by atoms with Crippen molar-refractivity contribution in [3.05, 3.63) is 69.8 Å². The molecule has 0 amide bonds. The van der Waals surface area contributed by atoms with Crippen LogP contribution in [0.2, 0.25) is 0 Å². The summed E-state index contributed by atoms with van der Waals surface area (Å²) >= 11 is 0. The van der Waals surface area contributed by atoms with Gasteiger partial charge >= 0.3 is 0 Å². The van der Waals surface area contributed by atoms with Crippen molar-refractivity contribution in [2.75, 3.05) is 13.2 Å². The lowest BCUT2D eigenvalue weighted by Crippen LogP contribution is -2.23. The first-order valence-corrected chi connectivity index (χ1v) is 10.6. The molecule has 6 nitrogen and oxygen atoms in total. The number of pyridine rings is 1. The van der Waals surface area contributed by atoms with Crippen molar-refractivity contribution in [2.45, 2.75) is 53.1 Å². The molecule has 3 aromatic rings. The van der Waals surface area contributed by atoms with Gasteiger partial charge in [0.2, 0.25) is 0 Å². The number of aryl methyl sites for hydroxylation is 1. The van der Waals surface area contributed by atoms with Crippen LogP contribution >= 0.6 is 0 Å². The van der Waals surface area contributed by atoms with Crippen molar-refractivity contribution in [3.8, 4) is 11.5 Å². The van der Waals surface area contributed by atoms with E-state index in [1.165, 1.54) is 0 Å². The third-order valence-corrected chi connectivity index (χ3v) is 4.91. The number of hydrogen-bond acceptors (Lipinski definition) is 5. The largest absolute Gasteiger partial charge is 0.490 e. The Morgan fingerprint density at radius 2 is 1.77 bits per heavy atom. The summed E-state index contributed by atoms with van der Waals surface area (Å²) in [5, 5.41) is 3.46. The van der Waals surface area contributed by atoms with Gasteiger partial charge in [-0.25, -0.2) is 4.98 Å². The minimum atomic E-state index is -0.0600. The Labute approximate surface area is 177 Å². The molecule has 1 atom stereocenters. The van der Waals surface area contributed by atoms with Gasteiger partial charge in [-0.2, -0.15) is 0 Å². The summed E-state index contributed by atoms with van der Waals surface area (Å²) in [6.45, 7) is 9.98. The third-order valence-electron chi connectivity index (χ3n) is 4.91. The Balaban J connectivity index is 1.74. The first-order valence-electron chi connectivity index (χ1n) is 10.6. The van der Waals surface area contributed by atoms with Crippen LogP contribution in [0, 0.1) is 6.92 Å². The van der Waals surface area contributed by atoms with E-state index >= 15 is 0 Å². The fourth-order valence-electron chi connectivity index (χ4n) is 3.28. The molecular formula is C24H31N3O3. The van der Waals surface area contributed by atoms with E-state index in [9.17, 15) is 4.79 Å². The van der Waals surface area contributed by atoms with Crippen molar-refractivity contribution in [3.63, 3.8) is 0 Å². The second-order valence-corrected chi connectivity index (χ2v) is 7.45. The Hall–Kier alpha value is -2.86. The second kappa shape index (κ2) is 10.3. The van der Waals surface area contributed by atoms with Crippen molar-refractivity contribution in [2.24, 2.45) is 0 Å².